The lowest BCUT2D eigenvalue weighted by Crippen LogP contribution is -2.25. The van der Waals surface area contributed by atoms with E-state index in [1.54, 1.807) is 0 Å². The van der Waals surface area contributed by atoms with Gasteiger partial charge in [0.05, 0.1) is 6.04 Å². The molecule has 1 aromatic carbocycles. The van der Waals surface area contributed by atoms with E-state index in [2.05, 4.69) is 60.2 Å². The standard InChI is InChI=1S/C11H15N3/c1-14(2)11-6-4-3-5-9(11)10-7-8-12-13-10/h3-8,10,12-13H,1-2H3. The Kier molecular flexibility index (Phi) is 2.41. The molecule has 0 bridgehead atoms. The second-order valence-corrected chi connectivity index (χ2v) is 3.58. The van der Waals surface area contributed by atoms with E-state index in [0.717, 1.165) is 0 Å². The molecule has 0 amide bonds. The van der Waals surface area contributed by atoms with Crippen LogP contribution in [0.4, 0.5) is 5.69 Å². The zero-order valence-corrected chi connectivity index (χ0v) is 8.49. The van der Waals surface area contributed by atoms with Gasteiger partial charge in [0.15, 0.2) is 0 Å². The third-order valence-electron chi connectivity index (χ3n) is 2.36. The molecule has 1 atom stereocenters. The minimum atomic E-state index is 0.272. The molecule has 1 heterocycles. The normalized spacial score (nSPS) is 19.4. The summed E-state index contributed by atoms with van der Waals surface area (Å²) in [6, 6.07) is 8.67. The summed E-state index contributed by atoms with van der Waals surface area (Å²) >= 11 is 0. The molecule has 0 aliphatic carbocycles. The van der Waals surface area contributed by atoms with Crippen LogP contribution in [-0.2, 0) is 0 Å². The first-order valence-electron chi connectivity index (χ1n) is 4.73. The third-order valence-corrected chi connectivity index (χ3v) is 2.36. The Bertz CT molecular complexity index is 344. The first-order chi connectivity index (χ1) is 6.79. The monoisotopic (exact) mass is 189 g/mol. The van der Waals surface area contributed by atoms with E-state index in [1.165, 1.54) is 11.3 Å². The summed E-state index contributed by atoms with van der Waals surface area (Å²) in [6.45, 7) is 0. The second-order valence-electron chi connectivity index (χ2n) is 3.58. The van der Waals surface area contributed by atoms with Gasteiger partial charge in [0.25, 0.3) is 0 Å². The molecule has 1 aliphatic heterocycles. The highest BCUT2D eigenvalue weighted by Crippen LogP contribution is 2.26. The van der Waals surface area contributed by atoms with E-state index < -0.39 is 0 Å². The fourth-order valence-electron chi connectivity index (χ4n) is 1.67. The molecule has 1 aliphatic rings. The predicted molar refractivity (Wildman–Crippen MR) is 58.9 cm³/mol. The SMILES string of the molecule is CN(C)c1ccccc1C1C=CNN1. The minimum absolute atomic E-state index is 0.272. The van der Waals surface area contributed by atoms with Crippen molar-refractivity contribution in [3.8, 4) is 0 Å². The summed E-state index contributed by atoms with van der Waals surface area (Å²) in [5.74, 6) is 0. The number of nitrogens with one attached hydrogen (secondary N) is 2. The molecular weight excluding hydrogens is 174 g/mol. The van der Waals surface area contributed by atoms with E-state index >= 15 is 0 Å². The predicted octanol–water partition coefficient (Wildman–Crippen LogP) is 1.42. The molecule has 0 radical (unpaired) electrons. The summed E-state index contributed by atoms with van der Waals surface area (Å²) in [5, 5.41) is 0. The number of hydrazine groups is 1. The van der Waals surface area contributed by atoms with Gasteiger partial charge in [-0.1, -0.05) is 18.2 Å². The number of hydrogen-bond acceptors (Lipinski definition) is 3. The van der Waals surface area contributed by atoms with Crippen LogP contribution in [-0.4, -0.2) is 14.1 Å². The van der Waals surface area contributed by atoms with Crippen molar-refractivity contribution in [2.75, 3.05) is 19.0 Å². The lowest BCUT2D eigenvalue weighted by molar-refractivity contribution is 0.610. The van der Waals surface area contributed by atoms with Crippen LogP contribution >= 0.6 is 0 Å². The largest absolute Gasteiger partial charge is 0.377 e. The molecule has 0 spiro atoms. The number of rotatable bonds is 2. The van der Waals surface area contributed by atoms with E-state index in [-0.39, 0.29) is 6.04 Å². The van der Waals surface area contributed by atoms with Gasteiger partial charge in [-0.05, 0) is 17.7 Å². The Morgan fingerprint density at radius 1 is 1.21 bits per heavy atom. The Balaban J connectivity index is 2.35. The molecule has 0 fully saturated rings. The Morgan fingerprint density at radius 2 is 2.00 bits per heavy atom. The van der Waals surface area contributed by atoms with Crippen LogP contribution in [0.25, 0.3) is 0 Å². The first-order valence-corrected chi connectivity index (χ1v) is 4.73. The first kappa shape index (κ1) is 9.09. The van der Waals surface area contributed by atoms with Gasteiger partial charge in [0.1, 0.15) is 0 Å². The quantitative estimate of drug-likeness (QED) is 0.736. The van der Waals surface area contributed by atoms with Crippen LogP contribution in [0.5, 0.6) is 0 Å². The highest BCUT2D eigenvalue weighted by Gasteiger charge is 2.14. The maximum atomic E-state index is 3.18. The van der Waals surface area contributed by atoms with Crippen LogP contribution in [0, 0.1) is 0 Å². The van der Waals surface area contributed by atoms with Gasteiger partial charge in [-0.2, -0.15) is 0 Å². The molecule has 74 valence electrons. The minimum Gasteiger partial charge on any atom is -0.377 e. The molecule has 2 N–H and O–H groups in total. The molecule has 2 rings (SSSR count). The van der Waals surface area contributed by atoms with Crippen molar-refractivity contribution >= 4 is 5.69 Å². The highest BCUT2D eigenvalue weighted by molar-refractivity contribution is 5.55. The number of hydrogen-bond donors (Lipinski definition) is 2. The zero-order valence-electron chi connectivity index (χ0n) is 8.49. The van der Waals surface area contributed by atoms with E-state index in [9.17, 15) is 0 Å². The van der Waals surface area contributed by atoms with Crippen LogP contribution < -0.4 is 15.8 Å². The van der Waals surface area contributed by atoms with Crippen molar-refractivity contribution in [2.24, 2.45) is 0 Å². The number of para-hydroxylation sites is 1. The van der Waals surface area contributed by atoms with Crippen molar-refractivity contribution < 1.29 is 0 Å². The smallest absolute Gasteiger partial charge is 0.0727 e. The van der Waals surface area contributed by atoms with Crippen molar-refractivity contribution in [1.29, 1.82) is 0 Å². The molecule has 3 heteroatoms. The van der Waals surface area contributed by atoms with Crippen molar-refractivity contribution in [2.45, 2.75) is 6.04 Å². The van der Waals surface area contributed by atoms with Crippen LogP contribution in [0.1, 0.15) is 11.6 Å². The summed E-state index contributed by atoms with van der Waals surface area (Å²) in [7, 11) is 4.12. The molecule has 0 aromatic heterocycles. The van der Waals surface area contributed by atoms with Gasteiger partial charge < -0.3 is 10.3 Å². The third kappa shape index (κ3) is 1.59. The maximum absolute atomic E-state index is 3.18. The molecule has 14 heavy (non-hydrogen) atoms. The summed E-state index contributed by atoms with van der Waals surface area (Å²) < 4.78 is 0. The van der Waals surface area contributed by atoms with Gasteiger partial charge >= 0.3 is 0 Å². The molecule has 1 aromatic rings. The van der Waals surface area contributed by atoms with E-state index in [0.29, 0.717) is 0 Å². The maximum Gasteiger partial charge on any atom is 0.0727 e. The molecular formula is C11H15N3. The molecule has 0 saturated heterocycles. The van der Waals surface area contributed by atoms with Crippen molar-refractivity contribution in [1.82, 2.24) is 10.9 Å². The van der Waals surface area contributed by atoms with Crippen molar-refractivity contribution in [3.05, 3.63) is 42.1 Å². The summed E-state index contributed by atoms with van der Waals surface area (Å²) in [6.07, 6.45) is 4.04. The van der Waals surface area contributed by atoms with Gasteiger partial charge in [-0.3, -0.25) is 0 Å². The van der Waals surface area contributed by atoms with Gasteiger partial charge in [-0.15, -0.1) is 0 Å². The number of nitrogens with zero attached hydrogens (tertiary/aromatic N) is 1. The Hall–Kier alpha value is -1.48. The Morgan fingerprint density at radius 3 is 2.64 bits per heavy atom. The van der Waals surface area contributed by atoms with Crippen LogP contribution in [0.2, 0.25) is 0 Å². The number of anilines is 1. The fraction of sp³-hybridized carbons (Fsp3) is 0.273. The lowest BCUT2D eigenvalue weighted by Gasteiger charge is -2.20. The van der Waals surface area contributed by atoms with Crippen molar-refractivity contribution in [3.63, 3.8) is 0 Å². The van der Waals surface area contributed by atoms with Gasteiger partial charge in [0.2, 0.25) is 0 Å². The second kappa shape index (κ2) is 3.72. The molecule has 0 saturated carbocycles. The average molecular weight is 189 g/mol. The summed E-state index contributed by atoms with van der Waals surface area (Å²) in [4.78, 5) is 2.13. The van der Waals surface area contributed by atoms with E-state index in [4.69, 9.17) is 0 Å². The topological polar surface area (TPSA) is 27.3 Å². The summed E-state index contributed by atoms with van der Waals surface area (Å²) in [5.41, 5.74) is 8.71. The van der Waals surface area contributed by atoms with Crippen LogP contribution in [0.3, 0.4) is 0 Å². The highest BCUT2D eigenvalue weighted by atomic mass is 15.4. The lowest BCUT2D eigenvalue weighted by atomic mass is 10.1. The van der Waals surface area contributed by atoms with E-state index in [1.807, 2.05) is 6.20 Å². The van der Waals surface area contributed by atoms with Crippen LogP contribution in [0.15, 0.2) is 36.5 Å². The van der Waals surface area contributed by atoms with Gasteiger partial charge in [-0.25, -0.2) is 5.43 Å². The van der Waals surface area contributed by atoms with Gasteiger partial charge in [0, 0.05) is 26.0 Å². The molecule has 3 nitrogen and oxygen atoms in total. The fourth-order valence-corrected chi connectivity index (χ4v) is 1.67. The number of benzene rings is 1. The average Bonchev–Trinajstić information content (AvgIpc) is 2.70. The Labute approximate surface area is 84.4 Å². The molecule has 1 unspecified atom stereocenters. The zero-order chi connectivity index (χ0) is 9.97.